The molecule has 5 nitrogen and oxygen atoms in total. The summed E-state index contributed by atoms with van der Waals surface area (Å²) in [6.07, 6.45) is 4.42. The Balaban J connectivity index is 1.78. The van der Waals surface area contributed by atoms with Crippen molar-refractivity contribution in [2.24, 2.45) is 0 Å². The van der Waals surface area contributed by atoms with Gasteiger partial charge in [0.1, 0.15) is 0 Å². The molecule has 0 radical (unpaired) electrons. The Kier molecular flexibility index (Phi) is 4.79. The van der Waals surface area contributed by atoms with Gasteiger partial charge >= 0.3 is 0 Å². The zero-order valence-corrected chi connectivity index (χ0v) is 14.9. The van der Waals surface area contributed by atoms with Gasteiger partial charge in [0.15, 0.2) is 5.16 Å². The van der Waals surface area contributed by atoms with Gasteiger partial charge in [-0.15, -0.1) is 0 Å². The van der Waals surface area contributed by atoms with E-state index < -0.39 is 10.0 Å². The first-order valence-corrected chi connectivity index (χ1v) is 10.4. The highest BCUT2D eigenvalue weighted by Gasteiger charge is 2.27. The Morgan fingerprint density at radius 2 is 2.17 bits per heavy atom. The Bertz CT molecular complexity index is 784. The standard InChI is InChI=1S/C16H21N3O2S2/c1-12(2)14-5-3-4-6-15(14)19-9-8-17-16(19)22-11-13-7-10-23(20,21)18-13/h3-6,8-9,12-13,18H,7,10-11H2,1-2H3. The lowest BCUT2D eigenvalue weighted by molar-refractivity contribution is 0.588. The molecule has 1 unspecified atom stereocenters. The Morgan fingerprint density at radius 1 is 1.39 bits per heavy atom. The number of nitrogens with zero attached hydrogens (tertiary/aromatic N) is 2. The highest BCUT2D eigenvalue weighted by molar-refractivity contribution is 7.99. The molecule has 23 heavy (non-hydrogen) atoms. The number of hydrogen-bond acceptors (Lipinski definition) is 4. The molecule has 0 bridgehead atoms. The second kappa shape index (κ2) is 6.67. The average Bonchev–Trinajstić information content (AvgIpc) is 3.11. The predicted octanol–water partition coefficient (Wildman–Crippen LogP) is 2.78. The summed E-state index contributed by atoms with van der Waals surface area (Å²) in [6.45, 7) is 4.35. The first-order valence-electron chi connectivity index (χ1n) is 7.72. The van der Waals surface area contributed by atoms with Gasteiger partial charge in [-0.3, -0.25) is 4.57 Å². The third-order valence-corrected chi connectivity index (χ3v) is 6.51. The summed E-state index contributed by atoms with van der Waals surface area (Å²) in [5.74, 6) is 1.34. The highest BCUT2D eigenvalue weighted by atomic mass is 32.2. The third kappa shape index (κ3) is 3.79. The van der Waals surface area contributed by atoms with Gasteiger partial charge < -0.3 is 0 Å². The number of nitrogens with one attached hydrogen (secondary N) is 1. The van der Waals surface area contributed by atoms with E-state index in [9.17, 15) is 8.42 Å². The number of benzene rings is 1. The molecule has 0 spiro atoms. The first-order chi connectivity index (χ1) is 11.0. The molecule has 1 N–H and O–H groups in total. The van der Waals surface area contributed by atoms with Gasteiger partial charge in [0.2, 0.25) is 10.0 Å². The summed E-state index contributed by atoms with van der Waals surface area (Å²) in [4.78, 5) is 4.44. The predicted molar refractivity (Wildman–Crippen MR) is 93.7 cm³/mol. The summed E-state index contributed by atoms with van der Waals surface area (Å²) >= 11 is 1.59. The Morgan fingerprint density at radius 3 is 2.87 bits per heavy atom. The molecule has 124 valence electrons. The van der Waals surface area contributed by atoms with E-state index >= 15 is 0 Å². The zero-order valence-electron chi connectivity index (χ0n) is 13.3. The molecule has 1 aliphatic rings. The lowest BCUT2D eigenvalue weighted by Gasteiger charge is -2.15. The maximum absolute atomic E-state index is 11.5. The summed E-state index contributed by atoms with van der Waals surface area (Å²) in [7, 11) is -3.06. The van der Waals surface area contributed by atoms with E-state index in [4.69, 9.17) is 0 Å². The van der Waals surface area contributed by atoms with Crippen molar-refractivity contribution in [1.82, 2.24) is 14.3 Å². The zero-order chi connectivity index (χ0) is 16.4. The second-order valence-electron chi connectivity index (χ2n) is 6.03. The van der Waals surface area contributed by atoms with Crippen LogP contribution in [-0.2, 0) is 10.0 Å². The van der Waals surface area contributed by atoms with E-state index in [0.717, 1.165) is 10.8 Å². The molecule has 7 heteroatoms. The van der Waals surface area contributed by atoms with Gasteiger partial charge in [-0.1, -0.05) is 43.8 Å². The van der Waals surface area contributed by atoms with E-state index in [1.807, 2.05) is 12.3 Å². The van der Waals surface area contributed by atoms with Crippen molar-refractivity contribution < 1.29 is 8.42 Å². The molecule has 0 saturated carbocycles. The number of para-hydroxylation sites is 1. The van der Waals surface area contributed by atoms with Crippen molar-refractivity contribution in [2.45, 2.75) is 37.4 Å². The van der Waals surface area contributed by atoms with Crippen LogP contribution in [0.3, 0.4) is 0 Å². The molecule has 1 fully saturated rings. The molecule has 0 amide bonds. The molecule has 1 aromatic carbocycles. The van der Waals surface area contributed by atoms with Crippen molar-refractivity contribution in [3.8, 4) is 5.69 Å². The van der Waals surface area contributed by atoms with E-state index in [0.29, 0.717) is 18.1 Å². The van der Waals surface area contributed by atoms with Crippen molar-refractivity contribution in [3.63, 3.8) is 0 Å². The Labute approximate surface area is 141 Å². The molecule has 1 aromatic heterocycles. The fraction of sp³-hybridized carbons (Fsp3) is 0.438. The van der Waals surface area contributed by atoms with Crippen molar-refractivity contribution in [2.75, 3.05) is 11.5 Å². The van der Waals surface area contributed by atoms with Crippen LogP contribution in [0.15, 0.2) is 41.8 Å². The van der Waals surface area contributed by atoms with E-state index in [1.165, 1.54) is 5.56 Å². The largest absolute Gasteiger partial charge is 0.295 e. The van der Waals surface area contributed by atoms with Crippen LogP contribution in [0.25, 0.3) is 5.69 Å². The molecule has 0 aliphatic carbocycles. The van der Waals surface area contributed by atoms with Crippen LogP contribution in [0.1, 0.15) is 31.7 Å². The average molecular weight is 351 g/mol. The maximum atomic E-state index is 11.5. The minimum atomic E-state index is -3.06. The van der Waals surface area contributed by atoms with Gasteiger partial charge in [-0.2, -0.15) is 0 Å². The van der Waals surface area contributed by atoms with Crippen LogP contribution >= 0.6 is 11.8 Å². The minimum Gasteiger partial charge on any atom is -0.295 e. The summed E-state index contributed by atoms with van der Waals surface area (Å²) in [5.41, 5.74) is 2.41. The normalized spacial score (nSPS) is 20.2. The topological polar surface area (TPSA) is 64.0 Å². The van der Waals surface area contributed by atoms with Crippen LogP contribution in [0.5, 0.6) is 0 Å². The lowest BCUT2D eigenvalue weighted by atomic mass is 10.0. The minimum absolute atomic E-state index is 0.00417. The van der Waals surface area contributed by atoms with Crippen LogP contribution < -0.4 is 4.72 Å². The molecule has 2 aromatic rings. The first kappa shape index (κ1) is 16.5. The number of aromatic nitrogens is 2. The van der Waals surface area contributed by atoms with Gasteiger partial charge in [0.05, 0.1) is 11.4 Å². The van der Waals surface area contributed by atoms with Gasteiger partial charge in [-0.25, -0.2) is 18.1 Å². The van der Waals surface area contributed by atoms with Gasteiger partial charge in [-0.05, 0) is 24.0 Å². The maximum Gasteiger partial charge on any atom is 0.211 e. The smallest absolute Gasteiger partial charge is 0.211 e. The summed E-state index contributed by atoms with van der Waals surface area (Å²) in [6, 6.07) is 8.31. The van der Waals surface area contributed by atoms with E-state index in [-0.39, 0.29) is 11.8 Å². The number of hydrogen-bond donors (Lipinski definition) is 1. The quantitative estimate of drug-likeness (QED) is 0.842. The van der Waals surface area contributed by atoms with Crippen LogP contribution in [0.4, 0.5) is 0 Å². The number of imidazole rings is 1. The van der Waals surface area contributed by atoms with Gasteiger partial charge in [0.25, 0.3) is 0 Å². The fourth-order valence-electron chi connectivity index (χ4n) is 2.74. The Hall–Kier alpha value is -1.31. The molecular formula is C16H21N3O2S2. The molecule has 3 rings (SSSR count). The molecule has 2 heterocycles. The van der Waals surface area contributed by atoms with Gasteiger partial charge in [0, 0.05) is 24.2 Å². The SMILES string of the molecule is CC(C)c1ccccc1-n1ccnc1SCC1CCS(=O)(=O)N1. The van der Waals surface area contributed by atoms with Crippen LogP contribution in [0.2, 0.25) is 0 Å². The van der Waals surface area contributed by atoms with Crippen molar-refractivity contribution in [3.05, 3.63) is 42.2 Å². The molecule has 1 aliphatic heterocycles. The van der Waals surface area contributed by atoms with E-state index in [1.54, 1.807) is 18.0 Å². The fourth-order valence-corrected chi connectivity index (χ4v) is 5.30. The van der Waals surface area contributed by atoms with Crippen molar-refractivity contribution in [1.29, 1.82) is 0 Å². The lowest BCUT2D eigenvalue weighted by Crippen LogP contribution is -2.27. The molecule has 1 saturated heterocycles. The highest BCUT2D eigenvalue weighted by Crippen LogP contribution is 2.28. The monoisotopic (exact) mass is 351 g/mol. The summed E-state index contributed by atoms with van der Waals surface area (Å²) < 4.78 is 27.7. The number of sulfonamides is 1. The molecular weight excluding hydrogens is 330 g/mol. The van der Waals surface area contributed by atoms with Crippen molar-refractivity contribution >= 4 is 21.8 Å². The molecule has 1 atom stereocenters. The van der Waals surface area contributed by atoms with E-state index in [2.05, 4.69) is 46.3 Å². The summed E-state index contributed by atoms with van der Waals surface area (Å²) in [5, 5.41) is 0.893. The van der Waals surface area contributed by atoms with Crippen LogP contribution in [-0.4, -0.2) is 35.5 Å². The number of thioether (sulfide) groups is 1. The van der Waals surface area contributed by atoms with Crippen LogP contribution in [0, 0.1) is 0 Å². The second-order valence-corrected chi connectivity index (χ2v) is 8.89. The third-order valence-electron chi connectivity index (χ3n) is 3.92. The number of rotatable bonds is 5.